The molecule has 5 heteroatoms. The van der Waals surface area contributed by atoms with Gasteiger partial charge in [0.1, 0.15) is 11.5 Å². The zero-order valence-corrected chi connectivity index (χ0v) is 15.1. The van der Waals surface area contributed by atoms with Gasteiger partial charge in [0.25, 0.3) is 0 Å². The molecular formula is C19H27N3O2. The number of likely N-dealkylation sites (tertiary alicyclic amines) is 1. The topological polar surface area (TPSA) is 51.3 Å². The van der Waals surface area contributed by atoms with E-state index in [1.54, 1.807) is 0 Å². The molecule has 0 saturated carbocycles. The molecule has 0 aromatic carbocycles. The summed E-state index contributed by atoms with van der Waals surface area (Å²) in [5.41, 5.74) is 3.38. The second kappa shape index (κ2) is 6.83. The summed E-state index contributed by atoms with van der Waals surface area (Å²) >= 11 is 0. The highest BCUT2D eigenvalue weighted by Gasteiger charge is 2.31. The summed E-state index contributed by atoms with van der Waals surface area (Å²) < 4.78 is 7.79. The first-order valence-electron chi connectivity index (χ1n) is 8.88. The molecule has 1 aliphatic rings. The van der Waals surface area contributed by atoms with Gasteiger partial charge in [0.15, 0.2) is 0 Å². The van der Waals surface area contributed by atoms with E-state index in [4.69, 9.17) is 4.42 Å². The molecule has 2 aromatic heterocycles. The van der Waals surface area contributed by atoms with E-state index in [9.17, 15) is 4.79 Å². The average molecular weight is 329 g/mol. The molecule has 0 N–H and O–H groups in total. The van der Waals surface area contributed by atoms with Gasteiger partial charge in [-0.25, -0.2) is 0 Å². The van der Waals surface area contributed by atoms with Crippen molar-refractivity contribution in [2.75, 3.05) is 6.54 Å². The fraction of sp³-hybridized carbons (Fsp3) is 0.579. The summed E-state index contributed by atoms with van der Waals surface area (Å²) in [5, 5.41) is 4.44. The SMILES string of the molecule is CCc1ccc([C@H]2CCCN2C(=O)CCc2c(C)nn(C)c2C)o1. The predicted octanol–water partition coefficient (Wildman–Crippen LogP) is 3.49. The fourth-order valence-corrected chi connectivity index (χ4v) is 3.68. The van der Waals surface area contributed by atoms with Crippen molar-refractivity contribution in [2.24, 2.45) is 7.05 Å². The lowest BCUT2D eigenvalue weighted by Crippen LogP contribution is -2.30. The van der Waals surface area contributed by atoms with Crippen molar-refractivity contribution >= 4 is 5.91 Å². The van der Waals surface area contributed by atoms with E-state index in [1.165, 1.54) is 5.56 Å². The van der Waals surface area contributed by atoms with E-state index >= 15 is 0 Å². The molecule has 0 bridgehead atoms. The lowest BCUT2D eigenvalue weighted by Gasteiger charge is -2.23. The lowest BCUT2D eigenvalue weighted by molar-refractivity contribution is -0.132. The molecule has 1 saturated heterocycles. The number of hydrogen-bond acceptors (Lipinski definition) is 3. The molecule has 0 unspecified atom stereocenters. The van der Waals surface area contributed by atoms with Crippen LogP contribution in [0, 0.1) is 13.8 Å². The van der Waals surface area contributed by atoms with Crippen LogP contribution in [-0.4, -0.2) is 27.1 Å². The monoisotopic (exact) mass is 329 g/mol. The summed E-state index contributed by atoms with van der Waals surface area (Å²) in [6, 6.07) is 4.16. The van der Waals surface area contributed by atoms with Crippen LogP contribution < -0.4 is 0 Å². The number of furan rings is 1. The van der Waals surface area contributed by atoms with Crippen LogP contribution in [0.25, 0.3) is 0 Å². The maximum Gasteiger partial charge on any atom is 0.223 e. The standard InChI is InChI=1S/C19H27N3O2/c1-5-15-8-10-18(24-15)17-7-6-12-22(17)19(23)11-9-16-13(2)20-21(4)14(16)3/h8,10,17H,5-7,9,11-12H2,1-4H3/t17-/m1/s1. The van der Waals surface area contributed by atoms with Crippen LogP contribution in [0.3, 0.4) is 0 Å². The van der Waals surface area contributed by atoms with Crippen LogP contribution in [0.5, 0.6) is 0 Å². The average Bonchev–Trinajstić information content (AvgIpc) is 3.26. The van der Waals surface area contributed by atoms with Crippen LogP contribution in [0.4, 0.5) is 0 Å². The minimum Gasteiger partial charge on any atom is -0.464 e. The van der Waals surface area contributed by atoms with Crippen LogP contribution in [-0.2, 0) is 24.7 Å². The molecule has 24 heavy (non-hydrogen) atoms. The van der Waals surface area contributed by atoms with Gasteiger partial charge >= 0.3 is 0 Å². The van der Waals surface area contributed by atoms with Crippen molar-refractivity contribution in [3.63, 3.8) is 0 Å². The molecule has 1 amide bonds. The van der Waals surface area contributed by atoms with Gasteiger partial charge < -0.3 is 9.32 Å². The van der Waals surface area contributed by atoms with Crippen LogP contribution in [0.1, 0.15) is 60.7 Å². The van der Waals surface area contributed by atoms with Crippen molar-refractivity contribution in [1.82, 2.24) is 14.7 Å². The minimum absolute atomic E-state index is 0.105. The number of hydrogen-bond donors (Lipinski definition) is 0. The third-order valence-electron chi connectivity index (χ3n) is 5.18. The highest BCUT2D eigenvalue weighted by Crippen LogP contribution is 2.33. The molecule has 2 aromatic rings. The van der Waals surface area contributed by atoms with Gasteiger partial charge in [0.2, 0.25) is 5.91 Å². The number of rotatable bonds is 5. The summed E-state index contributed by atoms with van der Waals surface area (Å²) in [4.78, 5) is 14.8. The molecule has 5 nitrogen and oxygen atoms in total. The Morgan fingerprint density at radius 3 is 2.79 bits per heavy atom. The molecule has 1 fully saturated rings. The maximum absolute atomic E-state index is 12.8. The normalized spacial score (nSPS) is 17.7. The Hall–Kier alpha value is -2.04. The van der Waals surface area contributed by atoms with E-state index in [0.29, 0.717) is 6.42 Å². The molecule has 1 atom stereocenters. The zero-order chi connectivity index (χ0) is 17.3. The molecule has 0 aliphatic carbocycles. The quantitative estimate of drug-likeness (QED) is 0.844. The van der Waals surface area contributed by atoms with E-state index in [2.05, 4.69) is 18.9 Å². The van der Waals surface area contributed by atoms with Gasteiger partial charge in [-0.15, -0.1) is 0 Å². The van der Waals surface area contributed by atoms with Crippen molar-refractivity contribution in [2.45, 2.75) is 58.9 Å². The van der Waals surface area contributed by atoms with Crippen molar-refractivity contribution in [3.05, 3.63) is 40.6 Å². The zero-order valence-electron chi connectivity index (χ0n) is 15.1. The van der Waals surface area contributed by atoms with E-state index in [-0.39, 0.29) is 11.9 Å². The Labute approximate surface area is 143 Å². The molecule has 1 aliphatic heterocycles. The summed E-state index contributed by atoms with van der Waals surface area (Å²) in [6.07, 6.45) is 4.22. The first kappa shape index (κ1) is 16.8. The molecule has 0 spiro atoms. The molecule has 0 radical (unpaired) electrons. The number of amides is 1. The molecule has 130 valence electrons. The Bertz CT molecular complexity index is 729. The number of carbonyl (C=O) groups is 1. The first-order chi connectivity index (χ1) is 11.5. The second-order valence-electron chi connectivity index (χ2n) is 6.68. The molecule has 3 rings (SSSR count). The van der Waals surface area contributed by atoms with Crippen LogP contribution in [0.15, 0.2) is 16.5 Å². The van der Waals surface area contributed by atoms with E-state index in [0.717, 1.165) is 55.1 Å². The summed E-state index contributed by atoms with van der Waals surface area (Å²) in [7, 11) is 1.95. The largest absolute Gasteiger partial charge is 0.464 e. The number of aromatic nitrogens is 2. The van der Waals surface area contributed by atoms with Crippen molar-refractivity contribution < 1.29 is 9.21 Å². The smallest absolute Gasteiger partial charge is 0.223 e. The second-order valence-corrected chi connectivity index (χ2v) is 6.68. The highest BCUT2D eigenvalue weighted by atomic mass is 16.3. The summed E-state index contributed by atoms with van der Waals surface area (Å²) in [5.74, 6) is 2.15. The van der Waals surface area contributed by atoms with Gasteiger partial charge in [0.05, 0.1) is 11.7 Å². The van der Waals surface area contributed by atoms with Crippen LogP contribution in [0.2, 0.25) is 0 Å². The molecule has 3 heterocycles. The maximum atomic E-state index is 12.8. The van der Waals surface area contributed by atoms with Gasteiger partial charge in [-0.05, 0) is 50.8 Å². The van der Waals surface area contributed by atoms with E-state index < -0.39 is 0 Å². The number of nitrogens with zero attached hydrogens (tertiary/aromatic N) is 3. The predicted molar refractivity (Wildman–Crippen MR) is 92.8 cm³/mol. The Kier molecular flexibility index (Phi) is 4.78. The summed E-state index contributed by atoms with van der Waals surface area (Å²) in [6.45, 7) is 6.99. The third-order valence-corrected chi connectivity index (χ3v) is 5.18. The van der Waals surface area contributed by atoms with Gasteiger partial charge in [-0.1, -0.05) is 6.92 Å². The Morgan fingerprint density at radius 2 is 2.17 bits per heavy atom. The number of aryl methyl sites for hydroxylation is 3. The Morgan fingerprint density at radius 1 is 1.38 bits per heavy atom. The van der Waals surface area contributed by atoms with Gasteiger partial charge in [-0.2, -0.15) is 5.10 Å². The lowest BCUT2D eigenvalue weighted by atomic mass is 10.1. The van der Waals surface area contributed by atoms with E-state index in [1.807, 2.05) is 35.7 Å². The van der Waals surface area contributed by atoms with Crippen LogP contribution >= 0.6 is 0 Å². The van der Waals surface area contributed by atoms with Crippen molar-refractivity contribution in [1.29, 1.82) is 0 Å². The first-order valence-corrected chi connectivity index (χ1v) is 8.88. The minimum atomic E-state index is 0.105. The van der Waals surface area contributed by atoms with Gasteiger partial charge in [0, 0.05) is 32.1 Å². The van der Waals surface area contributed by atoms with Crippen molar-refractivity contribution in [3.8, 4) is 0 Å². The Balaban J connectivity index is 1.67. The highest BCUT2D eigenvalue weighted by molar-refractivity contribution is 5.77. The fourth-order valence-electron chi connectivity index (χ4n) is 3.68. The molecular weight excluding hydrogens is 302 g/mol. The van der Waals surface area contributed by atoms with Gasteiger partial charge in [-0.3, -0.25) is 9.48 Å². The third kappa shape index (κ3) is 3.12. The number of carbonyl (C=O) groups excluding carboxylic acids is 1.